The van der Waals surface area contributed by atoms with Crippen LogP contribution in [-0.2, 0) is 14.3 Å². The lowest BCUT2D eigenvalue weighted by Gasteiger charge is -2.41. The molecule has 2 heterocycles. The van der Waals surface area contributed by atoms with E-state index in [1.165, 1.54) is 5.57 Å². The zero-order chi connectivity index (χ0) is 38.8. The van der Waals surface area contributed by atoms with Gasteiger partial charge in [-0.2, -0.15) is 0 Å². The summed E-state index contributed by atoms with van der Waals surface area (Å²) in [7, 11) is 3.55. The molecule has 0 amide bonds. The van der Waals surface area contributed by atoms with E-state index < -0.39 is 23.0 Å². The molecule has 4 aliphatic carbocycles. The van der Waals surface area contributed by atoms with E-state index in [0.717, 1.165) is 68.5 Å². The van der Waals surface area contributed by atoms with E-state index in [1.807, 2.05) is 13.1 Å². The number of allylic oxidation sites excluding steroid dienone is 3. The lowest BCUT2D eigenvalue weighted by Crippen LogP contribution is -2.52. The fourth-order valence-electron chi connectivity index (χ4n) is 9.80. The first-order chi connectivity index (χ1) is 26.6. The molecule has 2 fully saturated rings. The number of esters is 1. The zero-order valence-electron chi connectivity index (χ0n) is 32.6. The van der Waals surface area contributed by atoms with Gasteiger partial charge in [0.2, 0.25) is 5.78 Å². The Kier molecular flexibility index (Phi) is 11.2. The first-order valence-corrected chi connectivity index (χ1v) is 20.0. The number of Topliss-reactive ketones (excluding diaryl/α,β-unsaturated/α-hetero) is 2. The molecule has 6 atom stereocenters. The van der Waals surface area contributed by atoms with Gasteiger partial charge in [0.15, 0.2) is 17.3 Å². The number of nitrogens with zero attached hydrogens (tertiary/aromatic N) is 1. The minimum atomic E-state index is -2.04. The highest BCUT2D eigenvalue weighted by Crippen LogP contribution is 2.59. The molecule has 0 radical (unpaired) electrons. The summed E-state index contributed by atoms with van der Waals surface area (Å²) in [6.45, 7) is 6.28. The van der Waals surface area contributed by atoms with Crippen LogP contribution in [0.2, 0.25) is 0 Å². The maximum atomic E-state index is 14.5. The van der Waals surface area contributed by atoms with Crippen LogP contribution in [0.25, 0.3) is 0 Å². The molecule has 294 valence electrons. The molecule has 1 saturated carbocycles. The van der Waals surface area contributed by atoms with Crippen LogP contribution >= 0.6 is 0 Å². The van der Waals surface area contributed by atoms with E-state index in [9.17, 15) is 14.4 Å². The van der Waals surface area contributed by atoms with Gasteiger partial charge in [-0.15, -0.1) is 0 Å². The lowest BCUT2D eigenvalue weighted by molar-refractivity contribution is -0.150. The van der Waals surface area contributed by atoms with Crippen molar-refractivity contribution in [1.82, 2.24) is 26.6 Å². The molecule has 7 rings (SSSR count). The molecule has 1 aromatic carbocycles. The molecule has 0 bridgehead atoms. The molecular formula is C43H57N7O5. The number of rotatable bonds is 14. The van der Waals surface area contributed by atoms with Crippen molar-refractivity contribution in [2.24, 2.45) is 28.0 Å². The number of fused-ring (bicyclic) bond motifs is 3. The summed E-state index contributed by atoms with van der Waals surface area (Å²) in [6, 6.07) is 6.50. The lowest BCUT2D eigenvalue weighted by atomic mass is 9.68. The standard InChI is InChI=1S/C43H57N7O5/c1-5-47-34-23-29-13-7-6-12-28(29)22-31(34)25-54-39(53)43-38(52)33-15-9-8-14-32(33)37(51)42(43,55-43)20-16-27(2)41(18-10-11-19-41)36(50-40(44)46-4)30-17-21-48-35(24-30)49-26-45-3/h7-9,13-17,23-24,28,31,34,36,45,47-49H,5-6,10-12,18-22,25-26H2,1-4H3,(H3,44,46,50). The average molecular weight is 752 g/mol. The number of nitrogens with two attached hydrogens (primary N) is 1. The van der Waals surface area contributed by atoms with Crippen molar-refractivity contribution in [2.45, 2.75) is 88.5 Å². The topological polar surface area (TPSA) is 171 Å². The van der Waals surface area contributed by atoms with Crippen LogP contribution in [-0.4, -0.2) is 87.2 Å². The Morgan fingerprint density at radius 2 is 1.95 bits per heavy atom. The molecule has 6 aliphatic rings. The minimum Gasteiger partial charge on any atom is -0.463 e. The number of aliphatic imine (C=N–C) groups is 1. The van der Waals surface area contributed by atoms with E-state index in [1.54, 1.807) is 31.3 Å². The molecular weight excluding hydrogens is 695 g/mol. The molecule has 7 N–H and O–H groups in total. The summed E-state index contributed by atoms with van der Waals surface area (Å²) >= 11 is 0. The number of nitrogens with one attached hydrogen (secondary N) is 5. The number of ketones is 2. The fraction of sp³-hybridized carbons (Fsp3) is 0.535. The summed E-state index contributed by atoms with van der Waals surface area (Å²) in [6.07, 6.45) is 19.8. The normalized spacial score (nSPS) is 30.1. The second-order valence-electron chi connectivity index (χ2n) is 15.8. The van der Waals surface area contributed by atoms with Crippen LogP contribution in [0, 0.1) is 17.3 Å². The predicted octanol–water partition coefficient (Wildman–Crippen LogP) is 3.94. The Morgan fingerprint density at radius 1 is 1.18 bits per heavy atom. The van der Waals surface area contributed by atoms with Crippen molar-refractivity contribution < 1.29 is 23.9 Å². The van der Waals surface area contributed by atoms with Crippen LogP contribution in [0.5, 0.6) is 0 Å². The van der Waals surface area contributed by atoms with Crippen LogP contribution in [0.1, 0.15) is 85.9 Å². The molecule has 2 aliphatic heterocycles. The van der Waals surface area contributed by atoms with Gasteiger partial charge >= 0.3 is 5.97 Å². The van der Waals surface area contributed by atoms with E-state index in [-0.39, 0.29) is 53.4 Å². The molecule has 55 heavy (non-hydrogen) atoms. The maximum absolute atomic E-state index is 14.5. The second-order valence-corrected chi connectivity index (χ2v) is 15.8. The SMILES string of the molecule is CCNC1C=C2C=CCCC2CC1COC(=O)C12OC1(CC=C(C)C1(C(NC(N)=NC)C3=CCNC(NCNC)=C3)CCCC1)C(=O)c1ccccc1C2=O. The Labute approximate surface area is 324 Å². The van der Waals surface area contributed by atoms with E-state index >= 15 is 0 Å². The van der Waals surface area contributed by atoms with Gasteiger partial charge in [0, 0.05) is 48.5 Å². The van der Waals surface area contributed by atoms with Crippen molar-refractivity contribution in [3.63, 3.8) is 0 Å². The number of epoxide rings is 1. The zero-order valence-corrected chi connectivity index (χ0v) is 32.6. The summed E-state index contributed by atoms with van der Waals surface area (Å²) in [5.74, 6) is -0.00376. The summed E-state index contributed by atoms with van der Waals surface area (Å²) in [4.78, 5) is 47.6. The Balaban J connectivity index is 1.20. The van der Waals surface area contributed by atoms with Crippen molar-refractivity contribution in [2.75, 3.05) is 40.5 Å². The minimum absolute atomic E-state index is 0.0237. The van der Waals surface area contributed by atoms with E-state index in [2.05, 4.69) is 75.8 Å². The smallest absolute Gasteiger partial charge is 0.350 e. The molecule has 0 spiro atoms. The Morgan fingerprint density at radius 3 is 2.67 bits per heavy atom. The van der Waals surface area contributed by atoms with Gasteiger partial charge < -0.3 is 41.8 Å². The number of likely N-dealkylation sites (N-methyl/N-ethyl adjacent to an activating group) is 1. The summed E-state index contributed by atoms with van der Waals surface area (Å²) < 4.78 is 12.4. The number of guanidine groups is 1. The third kappa shape index (κ3) is 6.86. The number of carbonyl (C=O) groups is 3. The van der Waals surface area contributed by atoms with Gasteiger partial charge in [-0.05, 0) is 75.8 Å². The molecule has 6 unspecified atom stereocenters. The summed E-state index contributed by atoms with van der Waals surface area (Å²) in [5.41, 5.74) is 6.15. The number of benzene rings is 1. The second kappa shape index (κ2) is 15.9. The van der Waals surface area contributed by atoms with Crippen molar-refractivity contribution in [3.05, 3.63) is 94.4 Å². The molecule has 0 aromatic heterocycles. The largest absolute Gasteiger partial charge is 0.463 e. The highest BCUT2D eigenvalue weighted by Gasteiger charge is 2.85. The van der Waals surface area contributed by atoms with Crippen LogP contribution in [0.4, 0.5) is 0 Å². The number of ether oxygens (including phenoxy) is 2. The third-order valence-corrected chi connectivity index (χ3v) is 12.8. The van der Waals surface area contributed by atoms with Gasteiger partial charge in [0.25, 0.3) is 5.60 Å². The van der Waals surface area contributed by atoms with Crippen LogP contribution < -0.4 is 32.3 Å². The van der Waals surface area contributed by atoms with Crippen LogP contribution in [0.15, 0.2) is 88.3 Å². The molecule has 12 nitrogen and oxygen atoms in total. The summed E-state index contributed by atoms with van der Waals surface area (Å²) in [5, 5.41) is 17.0. The number of hydrogen-bond acceptors (Lipinski definition) is 10. The van der Waals surface area contributed by atoms with Gasteiger partial charge in [-0.25, -0.2) is 4.79 Å². The monoisotopic (exact) mass is 751 g/mol. The number of hydrogen-bond donors (Lipinski definition) is 6. The van der Waals surface area contributed by atoms with Gasteiger partial charge in [-0.1, -0.05) is 80.0 Å². The van der Waals surface area contributed by atoms with Gasteiger partial charge in [-0.3, -0.25) is 14.6 Å². The van der Waals surface area contributed by atoms with Crippen molar-refractivity contribution in [3.8, 4) is 0 Å². The number of carbonyl (C=O) groups excluding carboxylic acids is 3. The Bertz CT molecular complexity index is 1870. The first kappa shape index (κ1) is 38.7. The molecule has 1 saturated heterocycles. The van der Waals surface area contributed by atoms with Gasteiger partial charge in [0.05, 0.1) is 19.3 Å². The fourth-order valence-corrected chi connectivity index (χ4v) is 9.80. The van der Waals surface area contributed by atoms with Crippen molar-refractivity contribution in [1.29, 1.82) is 0 Å². The highest BCUT2D eigenvalue weighted by atomic mass is 16.7. The highest BCUT2D eigenvalue weighted by molar-refractivity contribution is 6.32. The first-order valence-electron chi connectivity index (χ1n) is 20.0. The van der Waals surface area contributed by atoms with Gasteiger partial charge in [0.1, 0.15) is 5.82 Å². The average Bonchev–Trinajstić information content (AvgIpc) is 3.68. The Hall–Kier alpha value is -4.52. The van der Waals surface area contributed by atoms with Crippen LogP contribution in [0.3, 0.4) is 0 Å². The third-order valence-electron chi connectivity index (χ3n) is 12.8. The van der Waals surface area contributed by atoms with E-state index in [4.69, 9.17) is 15.2 Å². The molecule has 12 heteroatoms. The number of dihydropyridines is 1. The van der Waals surface area contributed by atoms with Crippen molar-refractivity contribution >= 4 is 23.5 Å². The molecule has 1 aromatic rings. The van der Waals surface area contributed by atoms with E-state index in [0.29, 0.717) is 25.1 Å². The maximum Gasteiger partial charge on any atom is 0.350 e. The quantitative estimate of drug-likeness (QED) is 0.0310. The predicted molar refractivity (Wildman–Crippen MR) is 213 cm³/mol.